The Morgan fingerprint density at radius 2 is 2.09 bits per heavy atom. The lowest BCUT2D eigenvalue weighted by Crippen LogP contribution is -2.54. The average Bonchev–Trinajstić information content (AvgIpc) is 2.93. The number of para-hydroxylation sites is 1. The molecule has 2 heterocycles. The largest absolute Gasteiger partial charge is 0.317 e. The van der Waals surface area contributed by atoms with Crippen molar-refractivity contribution < 1.29 is 9.59 Å². The van der Waals surface area contributed by atoms with E-state index in [0.717, 1.165) is 0 Å². The van der Waals surface area contributed by atoms with Crippen molar-refractivity contribution >= 4 is 29.0 Å². The van der Waals surface area contributed by atoms with Crippen molar-refractivity contribution in [1.82, 2.24) is 15.2 Å². The number of benzene rings is 1. The Bertz CT molecular complexity index is 737. The second kappa shape index (κ2) is 5.68. The molecule has 2 amide bonds. The number of amidine groups is 1. The standard InChI is InChI=1S/C14H14N6O2/c1-19-9-10(7-16-19)17-14(22)13-15-8-12(21)20(18-13)11-5-3-2-4-6-11/h2-7,9H,8H2,1H3,(H,15,18)(H,17,22). The minimum Gasteiger partial charge on any atom is -0.317 e. The fraction of sp³-hybridized carbons (Fsp3) is 0.143. The van der Waals surface area contributed by atoms with Crippen LogP contribution in [0.1, 0.15) is 0 Å². The number of carbonyl (C=O) groups is 2. The number of hydrogen-bond acceptors (Lipinski definition) is 5. The molecule has 1 aromatic carbocycles. The van der Waals surface area contributed by atoms with Gasteiger partial charge in [0, 0.05) is 13.2 Å². The van der Waals surface area contributed by atoms with Crippen molar-refractivity contribution in [3.63, 3.8) is 0 Å². The number of nitrogens with one attached hydrogen (secondary N) is 2. The Morgan fingerprint density at radius 1 is 1.32 bits per heavy atom. The maximum atomic E-state index is 12.2. The number of hydrogen-bond donors (Lipinski definition) is 2. The van der Waals surface area contributed by atoms with Crippen LogP contribution in [0, 0.1) is 0 Å². The summed E-state index contributed by atoms with van der Waals surface area (Å²) in [4.78, 5) is 28.1. The van der Waals surface area contributed by atoms with E-state index in [2.05, 4.69) is 20.8 Å². The molecule has 1 aliphatic rings. The molecule has 0 aliphatic carbocycles. The summed E-state index contributed by atoms with van der Waals surface area (Å²) in [5.41, 5.74) is 3.94. The third kappa shape index (κ3) is 2.80. The number of anilines is 2. The third-order valence-corrected chi connectivity index (χ3v) is 3.03. The van der Waals surface area contributed by atoms with Crippen LogP contribution in [-0.2, 0) is 16.6 Å². The Labute approximate surface area is 126 Å². The zero-order chi connectivity index (χ0) is 15.5. The molecule has 0 saturated heterocycles. The number of hydrazine groups is 1. The number of aromatic nitrogens is 2. The molecule has 1 aliphatic heterocycles. The predicted octanol–water partition coefficient (Wildman–Crippen LogP) is 0.308. The molecule has 2 N–H and O–H groups in total. The molecule has 2 aromatic rings. The molecule has 0 fully saturated rings. The fourth-order valence-corrected chi connectivity index (χ4v) is 2.01. The molecule has 22 heavy (non-hydrogen) atoms. The highest BCUT2D eigenvalue weighted by Gasteiger charge is 2.25. The normalized spacial score (nSPS) is 14.3. The van der Waals surface area contributed by atoms with Crippen LogP contribution in [0.2, 0.25) is 0 Å². The summed E-state index contributed by atoms with van der Waals surface area (Å²) in [5, 5.41) is 7.94. The van der Waals surface area contributed by atoms with Gasteiger partial charge in [-0.3, -0.25) is 24.7 Å². The van der Waals surface area contributed by atoms with Crippen LogP contribution in [0.15, 0.2) is 47.7 Å². The number of rotatable bonds is 3. The first kappa shape index (κ1) is 13.8. The van der Waals surface area contributed by atoms with Gasteiger partial charge in [-0.15, -0.1) is 0 Å². The van der Waals surface area contributed by atoms with Gasteiger partial charge in [0.1, 0.15) is 6.54 Å². The molecule has 0 saturated carbocycles. The van der Waals surface area contributed by atoms with E-state index in [-0.39, 0.29) is 18.3 Å². The van der Waals surface area contributed by atoms with Crippen LogP contribution in [0.3, 0.4) is 0 Å². The lowest BCUT2D eigenvalue weighted by atomic mass is 10.3. The molecule has 1 aromatic heterocycles. The van der Waals surface area contributed by atoms with E-state index in [0.29, 0.717) is 11.4 Å². The van der Waals surface area contributed by atoms with Gasteiger partial charge >= 0.3 is 0 Å². The van der Waals surface area contributed by atoms with Gasteiger partial charge in [-0.05, 0) is 12.1 Å². The topological polar surface area (TPSA) is 91.6 Å². The Morgan fingerprint density at radius 3 is 2.77 bits per heavy atom. The molecule has 3 rings (SSSR count). The average molecular weight is 298 g/mol. The van der Waals surface area contributed by atoms with E-state index in [4.69, 9.17) is 0 Å². The van der Waals surface area contributed by atoms with E-state index < -0.39 is 5.91 Å². The summed E-state index contributed by atoms with van der Waals surface area (Å²) in [6.07, 6.45) is 3.20. The highest BCUT2D eigenvalue weighted by molar-refractivity contribution is 6.43. The smallest absolute Gasteiger partial charge is 0.292 e. The summed E-state index contributed by atoms with van der Waals surface area (Å²) in [5.74, 6) is -0.585. The number of nitrogens with zero attached hydrogens (tertiary/aromatic N) is 4. The molecule has 0 atom stereocenters. The molecular weight excluding hydrogens is 284 g/mol. The van der Waals surface area contributed by atoms with E-state index in [1.54, 1.807) is 30.1 Å². The zero-order valence-corrected chi connectivity index (χ0v) is 11.9. The minimum atomic E-state index is -0.429. The monoisotopic (exact) mass is 298 g/mol. The number of aliphatic imine (C=N–C) groups is 1. The molecular formula is C14H14N6O2. The van der Waals surface area contributed by atoms with Gasteiger partial charge in [0.05, 0.1) is 17.6 Å². The summed E-state index contributed by atoms with van der Waals surface area (Å²) in [6.45, 7) is -0.0856. The zero-order valence-electron chi connectivity index (χ0n) is 11.9. The summed E-state index contributed by atoms with van der Waals surface area (Å²) >= 11 is 0. The van der Waals surface area contributed by atoms with Gasteiger partial charge in [-0.2, -0.15) is 5.10 Å². The third-order valence-electron chi connectivity index (χ3n) is 3.03. The minimum absolute atomic E-state index is 0.0762. The van der Waals surface area contributed by atoms with Gasteiger partial charge in [0.25, 0.3) is 11.8 Å². The lowest BCUT2D eigenvalue weighted by Gasteiger charge is -2.27. The van der Waals surface area contributed by atoms with Crippen LogP contribution < -0.4 is 15.8 Å². The molecule has 0 spiro atoms. The van der Waals surface area contributed by atoms with Crippen molar-refractivity contribution in [1.29, 1.82) is 0 Å². The molecule has 8 nitrogen and oxygen atoms in total. The van der Waals surface area contributed by atoms with Crippen LogP contribution in [-0.4, -0.2) is 34.0 Å². The van der Waals surface area contributed by atoms with Crippen molar-refractivity contribution in [2.75, 3.05) is 16.9 Å². The Hall–Kier alpha value is -3.16. The quantitative estimate of drug-likeness (QED) is 0.853. The van der Waals surface area contributed by atoms with Crippen molar-refractivity contribution in [3.05, 3.63) is 42.7 Å². The molecule has 112 valence electrons. The van der Waals surface area contributed by atoms with E-state index in [1.807, 2.05) is 18.2 Å². The summed E-state index contributed by atoms with van der Waals surface area (Å²) < 4.78 is 1.57. The SMILES string of the molecule is Cn1cc(NC(=O)C2=NCC(=O)N(c3ccccc3)N2)cn1. The number of amides is 2. The molecule has 8 heteroatoms. The van der Waals surface area contributed by atoms with E-state index in [1.165, 1.54) is 11.2 Å². The summed E-state index contributed by atoms with van der Waals surface area (Å²) in [7, 11) is 1.75. The fourth-order valence-electron chi connectivity index (χ4n) is 2.01. The van der Waals surface area contributed by atoms with Crippen molar-refractivity contribution in [2.24, 2.45) is 12.0 Å². The van der Waals surface area contributed by atoms with Gasteiger partial charge in [0.2, 0.25) is 5.84 Å². The summed E-state index contributed by atoms with van der Waals surface area (Å²) in [6, 6.07) is 9.01. The number of carbonyl (C=O) groups excluding carboxylic acids is 2. The highest BCUT2D eigenvalue weighted by atomic mass is 16.2. The van der Waals surface area contributed by atoms with Gasteiger partial charge in [-0.1, -0.05) is 18.2 Å². The first-order valence-electron chi connectivity index (χ1n) is 6.62. The second-order valence-electron chi connectivity index (χ2n) is 4.70. The van der Waals surface area contributed by atoms with Crippen LogP contribution >= 0.6 is 0 Å². The van der Waals surface area contributed by atoms with Crippen LogP contribution in [0.5, 0.6) is 0 Å². The first-order valence-corrected chi connectivity index (χ1v) is 6.62. The van der Waals surface area contributed by atoms with Gasteiger partial charge < -0.3 is 5.32 Å². The maximum absolute atomic E-state index is 12.2. The van der Waals surface area contributed by atoms with Crippen LogP contribution in [0.4, 0.5) is 11.4 Å². The Balaban J connectivity index is 1.75. The van der Waals surface area contributed by atoms with Gasteiger partial charge in [0.15, 0.2) is 0 Å². The van der Waals surface area contributed by atoms with Crippen molar-refractivity contribution in [2.45, 2.75) is 0 Å². The maximum Gasteiger partial charge on any atom is 0.292 e. The highest BCUT2D eigenvalue weighted by Crippen LogP contribution is 2.13. The first-order chi connectivity index (χ1) is 10.6. The molecule has 0 unspecified atom stereocenters. The van der Waals surface area contributed by atoms with Crippen molar-refractivity contribution in [3.8, 4) is 0 Å². The molecule has 0 radical (unpaired) electrons. The molecule has 0 bridgehead atoms. The van der Waals surface area contributed by atoms with E-state index in [9.17, 15) is 9.59 Å². The van der Waals surface area contributed by atoms with Crippen LogP contribution in [0.25, 0.3) is 0 Å². The number of aryl methyl sites for hydroxylation is 1. The predicted molar refractivity (Wildman–Crippen MR) is 81.2 cm³/mol. The van der Waals surface area contributed by atoms with E-state index >= 15 is 0 Å². The lowest BCUT2D eigenvalue weighted by molar-refractivity contribution is -0.118. The van der Waals surface area contributed by atoms with Gasteiger partial charge in [-0.25, -0.2) is 5.01 Å². The second-order valence-corrected chi connectivity index (χ2v) is 4.70. The Kier molecular flexibility index (Phi) is 3.57.